The number of halogens is 1. The molecule has 0 atom stereocenters. The van der Waals surface area contributed by atoms with Crippen molar-refractivity contribution in [2.45, 2.75) is 39.5 Å². The van der Waals surface area contributed by atoms with Gasteiger partial charge in [0.25, 0.3) is 0 Å². The highest BCUT2D eigenvalue weighted by Crippen LogP contribution is 2.16. The van der Waals surface area contributed by atoms with Crippen molar-refractivity contribution in [3.8, 4) is 0 Å². The molecule has 2 heteroatoms. The van der Waals surface area contributed by atoms with Gasteiger partial charge in [-0.15, -0.1) is 0 Å². The van der Waals surface area contributed by atoms with Crippen LogP contribution in [0.1, 0.15) is 37.8 Å². The lowest BCUT2D eigenvalue weighted by molar-refractivity contribution is 0.602. The summed E-state index contributed by atoms with van der Waals surface area (Å²) in [5.41, 5.74) is 2.11. The van der Waals surface area contributed by atoms with E-state index in [1.165, 1.54) is 5.56 Å². The van der Waals surface area contributed by atoms with Crippen molar-refractivity contribution >= 4 is 11.0 Å². The maximum Gasteiger partial charge on any atom is 0.126 e. The van der Waals surface area contributed by atoms with E-state index in [4.69, 9.17) is 0 Å². The summed E-state index contributed by atoms with van der Waals surface area (Å²) >= 11 is 0. The quantitative estimate of drug-likeness (QED) is 0.666. The van der Waals surface area contributed by atoms with Crippen LogP contribution in [0.15, 0.2) is 18.2 Å². The predicted octanol–water partition coefficient (Wildman–Crippen LogP) is 3.35. The molecule has 0 heterocycles. The maximum absolute atomic E-state index is 13.4. The normalized spacial score (nSPS) is 9.64. The van der Waals surface area contributed by atoms with Crippen LogP contribution in [0.25, 0.3) is 0 Å². The van der Waals surface area contributed by atoms with Crippen LogP contribution < -0.4 is 0 Å². The first-order chi connectivity index (χ1) is 6.29. The van der Waals surface area contributed by atoms with Gasteiger partial charge in [0.1, 0.15) is 5.82 Å². The molecule has 4 radical (unpaired) electrons. The van der Waals surface area contributed by atoms with Crippen LogP contribution in [0.4, 0.5) is 4.39 Å². The molecule has 0 aromatic heterocycles. The molecule has 0 aliphatic rings. The van der Waals surface area contributed by atoms with Crippen LogP contribution in [-0.2, 0) is 12.8 Å². The second-order valence-corrected chi connectivity index (χ2v) is 3.38. The van der Waals surface area contributed by atoms with Gasteiger partial charge in [0, 0.05) is 11.0 Å². The Labute approximate surface area is 90.6 Å². The fraction of sp³-hybridized carbons (Fsp3) is 0.500. The molecule has 1 aromatic rings. The van der Waals surface area contributed by atoms with Crippen LogP contribution in [0.5, 0.6) is 0 Å². The minimum Gasteiger partial charge on any atom is -0.207 e. The SMILES string of the molecule is CCCc1cccc(F)c1CCC.[Si]. The van der Waals surface area contributed by atoms with E-state index in [-0.39, 0.29) is 16.8 Å². The lowest BCUT2D eigenvalue weighted by Gasteiger charge is -2.08. The molecule has 0 nitrogen and oxygen atoms in total. The molecule has 0 N–H and O–H groups in total. The average Bonchev–Trinajstić information content (AvgIpc) is 2.11. The third kappa shape index (κ3) is 3.26. The van der Waals surface area contributed by atoms with Crippen LogP contribution in [0.2, 0.25) is 0 Å². The summed E-state index contributed by atoms with van der Waals surface area (Å²) in [7, 11) is 0. The summed E-state index contributed by atoms with van der Waals surface area (Å²) in [6.45, 7) is 4.21. The summed E-state index contributed by atoms with van der Waals surface area (Å²) < 4.78 is 13.4. The smallest absolute Gasteiger partial charge is 0.126 e. The molecule has 0 saturated heterocycles. The van der Waals surface area contributed by atoms with E-state index in [1.807, 2.05) is 6.07 Å². The first-order valence-electron chi connectivity index (χ1n) is 5.05. The molecular formula is C12H17FSi. The van der Waals surface area contributed by atoms with E-state index in [2.05, 4.69) is 13.8 Å². The summed E-state index contributed by atoms with van der Waals surface area (Å²) in [4.78, 5) is 0. The Kier molecular flexibility index (Phi) is 6.46. The molecule has 0 amide bonds. The fourth-order valence-corrected chi connectivity index (χ4v) is 1.64. The van der Waals surface area contributed by atoms with Gasteiger partial charge in [-0.3, -0.25) is 0 Å². The fourth-order valence-electron chi connectivity index (χ4n) is 1.64. The second kappa shape index (κ2) is 6.77. The van der Waals surface area contributed by atoms with Crippen molar-refractivity contribution in [3.63, 3.8) is 0 Å². The Hall–Kier alpha value is -0.633. The number of aryl methyl sites for hydroxylation is 1. The van der Waals surface area contributed by atoms with Gasteiger partial charge in [0.05, 0.1) is 0 Å². The molecule has 0 aliphatic heterocycles. The van der Waals surface area contributed by atoms with Crippen molar-refractivity contribution in [2.75, 3.05) is 0 Å². The zero-order valence-electron chi connectivity index (χ0n) is 8.94. The predicted molar refractivity (Wildman–Crippen MR) is 60.1 cm³/mol. The van der Waals surface area contributed by atoms with Gasteiger partial charge >= 0.3 is 0 Å². The van der Waals surface area contributed by atoms with Gasteiger partial charge in [-0.2, -0.15) is 0 Å². The van der Waals surface area contributed by atoms with Crippen LogP contribution in [0.3, 0.4) is 0 Å². The minimum atomic E-state index is -0.0344. The lowest BCUT2D eigenvalue weighted by Crippen LogP contribution is -1.97. The average molecular weight is 208 g/mol. The van der Waals surface area contributed by atoms with E-state index in [9.17, 15) is 4.39 Å². The van der Waals surface area contributed by atoms with Gasteiger partial charge in [-0.1, -0.05) is 38.8 Å². The standard InChI is InChI=1S/C12H17F.Si/c1-3-6-10-8-5-9-12(13)11(10)7-4-2;/h5,8-9H,3-4,6-7H2,1-2H3;. The summed E-state index contributed by atoms with van der Waals surface area (Å²) in [6, 6.07) is 5.40. The van der Waals surface area contributed by atoms with E-state index < -0.39 is 0 Å². The Morgan fingerprint density at radius 1 is 1.07 bits per heavy atom. The number of rotatable bonds is 4. The van der Waals surface area contributed by atoms with E-state index in [1.54, 1.807) is 12.1 Å². The van der Waals surface area contributed by atoms with E-state index >= 15 is 0 Å². The summed E-state index contributed by atoms with van der Waals surface area (Å²) in [6.07, 6.45) is 3.95. The second-order valence-electron chi connectivity index (χ2n) is 3.38. The highest BCUT2D eigenvalue weighted by molar-refractivity contribution is 5.75. The molecule has 76 valence electrons. The van der Waals surface area contributed by atoms with Crippen LogP contribution >= 0.6 is 0 Å². The highest BCUT2D eigenvalue weighted by Gasteiger charge is 2.05. The molecule has 1 aromatic carbocycles. The van der Waals surface area contributed by atoms with Gasteiger partial charge < -0.3 is 0 Å². The van der Waals surface area contributed by atoms with Crippen molar-refractivity contribution in [2.24, 2.45) is 0 Å². The first-order valence-corrected chi connectivity index (χ1v) is 5.05. The van der Waals surface area contributed by atoms with Crippen molar-refractivity contribution in [1.82, 2.24) is 0 Å². The van der Waals surface area contributed by atoms with Gasteiger partial charge in [-0.25, -0.2) is 4.39 Å². The van der Waals surface area contributed by atoms with Gasteiger partial charge in [0.2, 0.25) is 0 Å². The molecule has 0 unspecified atom stereocenters. The lowest BCUT2D eigenvalue weighted by atomic mass is 9.99. The Morgan fingerprint density at radius 3 is 2.29 bits per heavy atom. The third-order valence-electron chi connectivity index (χ3n) is 2.24. The van der Waals surface area contributed by atoms with E-state index in [0.29, 0.717) is 0 Å². The molecule has 0 bridgehead atoms. The largest absolute Gasteiger partial charge is 0.207 e. The third-order valence-corrected chi connectivity index (χ3v) is 2.24. The molecular weight excluding hydrogens is 191 g/mol. The van der Waals surface area contributed by atoms with Crippen molar-refractivity contribution in [3.05, 3.63) is 35.1 Å². The topological polar surface area (TPSA) is 0 Å². The van der Waals surface area contributed by atoms with Gasteiger partial charge in [0.15, 0.2) is 0 Å². The minimum absolute atomic E-state index is 0. The van der Waals surface area contributed by atoms with E-state index in [0.717, 1.165) is 31.2 Å². The zero-order valence-corrected chi connectivity index (χ0v) is 9.94. The molecule has 0 fully saturated rings. The molecule has 1 rings (SSSR count). The van der Waals surface area contributed by atoms with Gasteiger partial charge in [-0.05, 0) is 30.0 Å². The number of hydrogen-bond acceptors (Lipinski definition) is 0. The number of hydrogen-bond donors (Lipinski definition) is 0. The summed E-state index contributed by atoms with van der Waals surface area (Å²) in [5, 5.41) is 0. The Morgan fingerprint density at radius 2 is 1.71 bits per heavy atom. The molecule has 0 saturated carbocycles. The zero-order chi connectivity index (χ0) is 9.68. The summed E-state index contributed by atoms with van der Waals surface area (Å²) in [5.74, 6) is -0.0344. The van der Waals surface area contributed by atoms with Crippen LogP contribution in [-0.4, -0.2) is 11.0 Å². The molecule has 14 heavy (non-hydrogen) atoms. The van der Waals surface area contributed by atoms with Crippen LogP contribution in [0, 0.1) is 5.82 Å². The maximum atomic E-state index is 13.4. The highest BCUT2D eigenvalue weighted by atomic mass is 28.1. The Bertz CT molecular complexity index is 271. The van der Waals surface area contributed by atoms with Crippen molar-refractivity contribution in [1.29, 1.82) is 0 Å². The molecule has 0 spiro atoms. The monoisotopic (exact) mass is 208 g/mol. The number of benzene rings is 1. The molecule has 0 aliphatic carbocycles. The first kappa shape index (κ1) is 13.4. The Balaban J connectivity index is 0.00000169. The van der Waals surface area contributed by atoms with Crippen molar-refractivity contribution < 1.29 is 4.39 Å².